The van der Waals surface area contributed by atoms with E-state index in [0.29, 0.717) is 6.04 Å². The number of rotatable bonds is 5. The Bertz CT molecular complexity index is 256. The molecule has 0 aliphatic rings. The van der Waals surface area contributed by atoms with E-state index in [1.54, 1.807) is 0 Å². The molecule has 0 radical (unpaired) electrons. The average molecular weight is 303 g/mol. The summed E-state index contributed by atoms with van der Waals surface area (Å²) >= 11 is 2.34. The van der Waals surface area contributed by atoms with Gasteiger partial charge in [0.25, 0.3) is 0 Å². The van der Waals surface area contributed by atoms with Crippen molar-refractivity contribution < 1.29 is 0 Å². The molecule has 0 aromatic heterocycles. The molecule has 1 atom stereocenters. The zero-order valence-electron chi connectivity index (χ0n) is 8.89. The van der Waals surface area contributed by atoms with E-state index in [4.69, 9.17) is 0 Å². The predicted molar refractivity (Wildman–Crippen MR) is 70.5 cm³/mol. The van der Waals surface area contributed by atoms with Gasteiger partial charge < -0.3 is 5.32 Å². The van der Waals surface area contributed by atoms with Crippen molar-refractivity contribution in [3.63, 3.8) is 0 Å². The highest BCUT2D eigenvalue weighted by Crippen LogP contribution is 2.19. The standard InChI is InChI=1S/C12H18IN/c1-3-4-5-12(14-2)10-6-8-11(13)9-7-10/h6-9,12,14H,3-5H2,1-2H3. The Morgan fingerprint density at radius 3 is 2.43 bits per heavy atom. The van der Waals surface area contributed by atoms with Crippen LogP contribution in [0.5, 0.6) is 0 Å². The molecule has 2 heteroatoms. The summed E-state index contributed by atoms with van der Waals surface area (Å²) in [5.41, 5.74) is 1.40. The Morgan fingerprint density at radius 2 is 1.93 bits per heavy atom. The van der Waals surface area contributed by atoms with Gasteiger partial charge in [-0.05, 0) is 53.8 Å². The molecule has 0 saturated carbocycles. The number of benzene rings is 1. The molecule has 0 aliphatic carbocycles. The second-order valence-electron chi connectivity index (χ2n) is 3.54. The summed E-state index contributed by atoms with van der Waals surface area (Å²) in [7, 11) is 2.04. The maximum absolute atomic E-state index is 3.37. The van der Waals surface area contributed by atoms with Gasteiger partial charge in [-0.1, -0.05) is 31.9 Å². The Hall–Kier alpha value is -0.0900. The number of hydrogen-bond acceptors (Lipinski definition) is 1. The van der Waals surface area contributed by atoms with Crippen molar-refractivity contribution in [3.05, 3.63) is 33.4 Å². The average Bonchev–Trinajstić information content (AvgIpc) is 2.21. The van der Waals surface area contributed by atoms with Gasteiger partial charge in [0.15, 0.2) is 0 Å². The van der Waals surface area contributed by atoms with Crippen LogP contribution >= 0.6 is 22.6 Å². The zero-order valence-corrected chi connectivity index (χ0v) is 11.0. The van der Waals surface area contributed by atoms with Crippen LogP contribution in [0.3, 0.4) is 0 Å². The highest BCUT2D eigenvalue weighted by atomic mass is 127. The summed E-state index contributed by atoms with van der Waals surface area (Å²) in [5.74, 6) is 0. The van der Waals surface area contributed by atoms with Crippen LogP contribution in [0.1, 0.15) is 37.8 Å². The summed E-state index contributed by atoms with van der Waals surface area (Å²) in [6, 6.07) is 9.31. The lowest BCUT2D eigenvalue weighted by Gasteiger charge is -2.16. The van der Waals surface area contributed by atoms with E-state index in [1.807, 2.05) is 7.05 Å². The third kappa shape index (κ3) is 3.58. The smallest absolute Gasteiger partial charge is 0.0317 e. The van der Waals surface area contributed by atoms with E-state index < -0.39 is 0 Å². The molecule has 1 aromatic carbocycles. The molecule has 14 heavy (non-hydrogen) atoms. The molecule has 0 saturated heterocycles. The predicted octanol–water partition coefficient (Wildman–Crippen LogP) is 3.74. The van der Waals surface area contributed by atoms with Gasteiger partial charge >= 0.3 is 0 Å². The quantitative estimate of drug-likeness (QED) is 0.817. The van der Waals surface area contributed by atoms with Gasteiger partial charge in [-0.25, -0.2) is 0 Å². The Labute approximate surface area is 100 Å². The second kappa shape index (κ2) is 6.40. The van der Waals surface area contributed by atoms with Crippen LogP contribution in [0.2, 0.25) is 0 Å². The molecule has 0 spiro atoms. The molecular weight excluding hydrogens is 285 g/mol. The van der Waals surface area contributed by atoms with Crippen molar-refractivity contribution in [1.82, 2.24) is 5.32 Å². The largest absolute Gasteiger partial charge is 0.313 e. The molecule has 0 heterocycles. The first-order valence-electron chi connectivity index (χ1n) is 5.20. The summed E-state index contributed by atoms with van der Waals surface area (Å²) in [6.45, 7) is 2.24. The second-order valence-corrected chi connectivity index (χ2v) is 4.78. The molecule has 0 bridgehead atoms. The monoisotopic (exact) mass is 303 g/mol. The van der Waals surface area contributed by atoms with Gasteiger partial charge in [-0.15, -0.1) is 0 Å². The Morgan fingerprint density at radius 1 is 1.29 bits per heavy atom. The van der Waals surface area contributed by atoms with Crippen molar-refractivity contribution in [2.75, 3.05) is 7.05 Å². The van der Waals surface area contributed by atoms with Crippen LogP contribution in [0, 0.1) is 3.57 Å². The minimum Gasteiger partial charge on any atom is -0.313 e. The molecule has 0 amide bonds. The van der Waals surface area contributed by atoms with Gasteiger partial charge in [0.1, 0.15) is 0 Å². The van der Waals surface area contributed by atoms with E-state index in [0.717, 1.165) is 0 Å². The van der Waals surface area contributed by atoms with Gasteiger partial charge in [-0.2, -0.15) is 0 Å². The van der Waals surface area contributed by atoms with Gasteiger partial charge in [0.05, 0.1) is 0 Å². The van der Waals surface area contributed by atoms with E-state index in [9.17, 15) is 0 Å². The molecule has 78 valence electrons. The topological polar surface area (TPSA) is 12.0 Å². The molecule has 1 aromatic rings. The minimum absolute atomic E-state index is 0.520. The van der Waals surface area contributed by atoms with Crippen molar-refractivity contribution in [3.8, 4) is 0 Å². The molecule has 0 fully saturated rings. The number of nitrogens with one attached hydrogen (secondary N) is 1. The fourth-order valence-electron chi connectivity index (χ4n) is 1.58. The highest BCUT2D eigenvalue weighted by Gasteiger charge is 2.07. The maximum atomic E-state index is 3.37. The first kappa shape index (κ1) is 12.0. The van der Waals surface area contributed by atoms with Crippen LogP contribution in [0.4, 0.5) is 0 Å². The summed E-state index contributed by atoms with van der Waals surface area (Å²) in [4.78, 5) is 0. The number of halogens is 1. The van der Waals surface area contributed by atoms with E-state index in [2.05, 4.69) is 59.1 Å². The number of hydrogen-bond donors (Lipinski definition) is 1. The number of unbranched alkanes of at least 4 members (excludes halogenated alkanes) is 1. The molecule has 1 unspecified atom stereocenters. The van der Waals surface area contributed by atoms with Crippen LogP contribution in [0.25, 0.3) is 0 Å². The van der Waals surface area contributed by atoms with Crippen molar-refractivity contribution in [2.24, 2.45) is 0 Å². The summed E-state index contributed by atoms with van der Waals surface area (Å²) in [5, 5.41) is 3.37. The lowest BCUT2D eigenvalue weighted by Crippen LogP contribution is -2.16. The highest BCUT2D eigenvalue weighted by molar-refractivity contribution is 14.1. The van der Waals surface area contributed by atoms with Crippen LogP contribution in [-0.2, 0) is 0 Å². The zero-order chi connectivity index (χ0) is 10.4. The van der Waals surface area contributed by atoms with Crippen LogP contribution in [0.15, 0.2) is 24.3 Å². The van der Waals surface area contributed by atoms with E-state index in [-0.39, 0.29) is 0 Å². The van der Waals surface area contributed by atoms with Crippen molar-refractivity contribution >= 4 is 22.6 Å². The third-order valence-corrected chi connectivity index (χ3v) is 3.19. The molecule has 1 rings (SSSR count). The van der Waals surface area contributed by atoms with Gasteiger partial charge in [-0.3, -0.25) is 0 Å². The SMILES string of the molecule is CCCCC(NC)c1ccc(I)cc1. The van der Waals surface area contributed by atoms with Crippen molar-refractivity contribution in [1.29, 1.82) is 0 Å². The van der Waals surface area contributed by atoms with Gasteiger partial charge in [0.2, 0.25) is 0 Å². The lowest BCUT2D eigenvalue weighted by atomic mass is 10.0. The Kier molecular flexibility index (Phi) is 5.48. The first-order chi connectivity index (χ1) is 6.77. The van der Waals surface area contributed by atoms with Gasteiger partial charge in [0, 0.05) is 9.61 Å². The normalized spacial score (nSPS) is 12.8. The third-order valence-electron chi connectivity index (χ3n) is 2.47. The molecular formula is C12H18IN. The summed E-state index contributed by atoms with van der Waals surface area (Å²) < 4.78 is 1.30. The first-order valence-corrected chi connectivity index (χ1v) is 6.28. The molecule has 0 aliphatic heterocycles. The van der Waals surface area contributed by atoms with E-state index >= 15 is 0 Å². The Balaban J connectivity index is 2.64. The van der Waals surface area contributed by atoms with Crippen LogP contribution < -0.4 is 5.32 Å². The fourth-order valence-corrected chi connectivity index (χ4v) is 1.94. The summed E-state index contributed by atoms with van der Waals surface area (Å²) in [6.07, 6.45) is 3.79. The van der Waals surface area contributed by atoms with E-state index in [1.165, 1.54) is 28.4 Å². The maximum Gasteiger partial charge on any atom is 0.0317 e. The fraction of sp³-hybridized carbons (Fsp3) is 0.500. The van der Waals surface area contributed by atoms with Crippen LogP contribution in [-0.4, -0.2) is 7.05 Å². The minimum atomic E-state index is 0.520. The van der Waals surface area contributed by atoms with Crippen molar-refractivity contribution in [2.45, 2.75) is 32.2 Å². The molecule has 1 N–H and O–H groups in total. The molecule has 1 nitrogen and oxygen atoms in total. The lowest BCUT2D eigenvalue weighted by molar-refractivity contribution is 0.523.